The van der Waals surface area contributed by atoms with E-state index in [0.717, 1.165) is 30.6 Å². The molecule has 11 nitrogen and oxygen atoms in total. The maximum atomic E-state index is 9.97. The molecule has 0 aliphatic carbocycles. The maximum absolute atomic E-state index is 9.97. The van der Waals surface area contributed by atoms with Crippen molar-refractivity contribution in [2.45, 2.75) is 50.0 Å². The van der Waals surface area contributed by atoms with Gasteiger partial charge in [-0.05, 0) is 37.0 Å². The average molecular weight is 519 g/mol. The zero-order chi connectivity index (χ0) is 26.0. The van der Waals surface area contributed by atoms with Gasteiger partial charge in [0.15, 0.2) is 6.29 Å². The Labute approximate surface area is 212 Å². The van der Waals surface area contributed by atoms with E-state index in [1.54, 1.807) is 7.11 Å². The first-order chi connectivity index (χ1) is 17.6. The molecule has 5 atom stereocenters. The van der Waals surface area contributed by atoms with Crippen LogP contribution in [0.5, 0.6) is 5.75 Å². The first-order valence-electron chi connectivity index (χ1n) is 12.4. The number of aliphatic hydroxyl groups excluding tert-OH is 4. The molecule has 208 valence electrons. The molecule has 0 aromatic heterocycles. The van der Waals surface area contributed by atoms with E-state index < -0.39 is 37.3 Å². The fourth-order valence-corrected chi connectivity index (χ4v) is 3.49. The molecular weight excluding hydrogens is 476 g/mol. The largest absolute Gasteiger partial charge is 0.491 e. The Balaban J connectivity index is 1.47. The molecule has 1 heterocycles. The van der Waals surface area contributed by atoms with E-state index in [1.165, 1.54) is 0 Å². The van der Waals surface area contributed by atoms with Crippen molar-refractivity contribution in [3.8, 4) is 5.75 Å². The minimum absolute atomic E-state index is 0.317. The Hall–Kier alpha value is -1.38. The van der Waals surface area contributed by atoms with Crippen molar-refractivity contribution in [3.63, 3.8) is 0 Å². The van der Waals surface area contributed by atoms with Gasteiger partial charge in [-0.2, -0.15) is 0 Å². The number of hydrogen-bond acceptors (Lipinski definition) is 11. The second kappa shape index (κ2) is 18.8. The second-order valence-electron chi connectivity index (χ2n) is 8.35. The lowest BCUT2D eigenvalue weighted by atomic mass is 9.99. The Morgan fingerprint density at radius 2 is 1.33 bits per heavy atom. The molecule has 1 saturated heterocycles. The molecule has 1 aliphatic heterocycles. The van der Waals surface area contributed by atoms with Crippen LogP contribution in [0.2, 0.25) is 0 Å². The molecule has 0 unspecified atom stereocenters. The second-order valence-corrected chi connectivity index (χ2v) is 8.35. The summed E-state index contributed by atoms with van der Waals surface area (Å²) in [4.78, 5) is 0. The quantitative estimate of drug-likeness (QED) is 0.172. The molecule has 2 rings (SSSR count). The molecule has 11 heteroatoms. The third-order valence-corrected chi connectivity index (χ3v) is 5.59. The summed E-state index contributed by atoms with van der Waals surface area (Å²) in [5.74, 6) is 0.776. The maximum Gasteiger partial charge on any atom is 0.186 e. The van der Waals surface area contributed by atoms with Gasteiger partial charge in [-0.15, -0.1) is 0 Å². The van der Waals surface area contributed by atoms with Gasteiger partial charge in [-0.1, -0.05) is 12.1 Å². The summed E-state index contributed by atoms with van der Waals surface area (Å²) in [6.07, 6.45) is -3.81. The summed E-state index contributed by atoms with van der Waals surface area (Å²) in [6.45, 7) is 4.00. The molecule has 1 aromatic rings. The fourth-order valence-electron chi connectivity index (χ4n) is 3.49. The van der Waals surface area contributed by atoms with E-state index in [0.29, 0.717) is 59.5 Å². The number of benzene rings is 1. The van der Waals surface area contributed by atoms with Crippen LogP contribution < -0.4 is 4.74 Å². The fraction of sp³-hybridized carbons (Fsp3) is 0.760. The summed E-state index contributed by atoms with van der Waals surface area (Å²) in [5, 5.41) is 38.8. The number of rotatable bonds is 20. The summed E-state index contributed by atoms with van der Waals surface area (Å²) >= 11 is 0. The van der Waals surface area contributed by atoms with E-state index in [9.17, 15) is 20.4 Å². The van der Waals surface area contributed by atoms with Crippen molar-refractivity contribution >= 4 is 0 Å². The van der Waals surface area contributed by atoms with E-state index in [1.807, 2.05) is 24.3 Å². The predicted molar refractivity (Wildman–Crippen MR) is 129 cm³/mol. The highest BCUT2D eigenvalue weighted by Gasteiger charge is 2.43. The SMILES string of the molecule is COCCOCCOCCOCCOc1ccc(CCCCO[C@@H]2O[C@H](CO)[C@@H](O)[C@H](O)[C@H]2O)cc1. The molecule has 1 aromatic carbocycles. The van der Waals surface area contributed by atoms with E-state index in [-0.39, 0.29) is 0 Å². The number of methoxy groups -OCH3 is 1. The van der Waals surface area contributed by atoms with E-state index in [2.05, 4.69) is 0 Å². The minimum Gasteiger partial charge on any atom is -0.491 e. The number of aliphatic hydroxyl groups is 4. The van der Waals surface area contributed by atoms with Crippen LogP contribution in [0.15, 0.2) is 24.3 Å². The zero-order valence-electron chi connectivity index (χ0n) is 21.0. The van der Waals surface area contributed by atoms with Gasteiger partial charge in [0.2, 0.25) is 0 Å². The molecule has 0 amide bonds. The van der Waals surface area contributed by atoms with Crippen LogP contribution in [-0.2, 0) is 34.8 Å². The summed E-state index contributed by atoms with van der Waals surface area (Å²) in [7, 11) is 1.64. The van der Waals surface area contributed by atoms with Gasteiger partial charge in [-0.3, -0.25) is 0 Å². The number of ether oxygens (including phenoxy) is 7. The minimum atomic E-state index is -1.43. The van der Waals surface area contributed by atoms with Gasteiger partial charge >= 0.3 is 0 Å². The molecule has 0 saturated carbocycles. The van der Waals surface area contributed by atoms with Crippen molar-refractivity contribution in [3.05, 3.63) is 29.8 Å². The Morgan fingerprint density at radius 1 is 0.722 bits per heavy atom. The topological polar surface area (TPSA) is 146 Å². The van der Waals surface area contributed by atoms with Crippen molar-refractivity contribution in [2.75, 3.05) is 73.2 Å². The summed E-state index contributed by atoms with van der Waals surface area (Å²) < 4.78 is 37.6. The number of unbranched alkanes of at least 4 members (excludes halogenated alkanes) is 1. The molecule has 0 spiro atoms. The van der Waals surface area contributed by atoms with E-state index >= 15 is 0 Å². The van der Waals surface area contributed by atoms with Crippen molar-refractivity contribution in [1.82, 2.24) is 0 Å². The zero-order valence-corrected chi connectivity index (χ0v) is 21.0. The van der Waals surface area contributed by atoms with Crippen molar-refractivity contribution < 1.29 is 53.6 Å². The Morgan fingerprint density at radius 3 is 1.94 bits per heavy atom. The lowest BCUT2D eigenvalue weighted by Crippen LogP contribution is -2.59. The van der Waals surface area contributed by atoms with Gasteiger partial charge in [0, 0.05) is 13.7 Å². The van der Waals surface area contributed by atoms with Crippen LogP contribution in [0.4, 0.5) is 0 Å². The van der Waals surface area contributed by atoms with Crippen LogP contribution in [-0.4, -0.2) is 124 Å². The smallest absolute Gasteiger partial charge is 0.186 e. The van der Waals surface area contributed by atoms with Crippen LogP contribution in [0.25, 0.3) is 0 Å². The van der Waals surface area contributed by atoms with Gasteiger partial charge in [0.05, 0.1) is 52.9 Å². The summed E-state index contributed by atoms with van der Waals surface area (Å²) in [6, 6.07) is 7.87. The van der Waals surface area contributed by atoms with Crippen LogP contribution in [0.3, 0.4) is 0 Å². The number of aryl methyl sites for hydroxylation is 1. The first kappa shape index (κ1) is 30.8. The monoisotopic (exact) mass is 518 g/mol. The van der Waals surface area contributed by atoms with Crippen LogP contribution >= 0.6 is 0 Å². The lowest BCUT2D eigenvalue weighted by molar-refractivity contribution is -0.301. The van der Waals surface area contributed by atoms with Crippen molar-refractivity contribution in [1.29, 1.82) is 0 Å². The average Bonchev–Trinajstić information content (AvgIpc) is 2.89. The first-order valence-corrected chi connectivity index (χ1v) is 12.4. The third-order valence-electron chi connectivity index (χ3n) is 5.59. The molecule has 4 N–H and O–H groups in total. The van der Waals surface area contributed by atoms with E-state index in [4.69, 9.17) is 33.2 Å². The van der Waals surface area contributed by atoms with Crippen LogP contribution in [0, 0.1) is 0 Å². The van der Waals surface area contributed by atoms with Crippen LogP contribution in [0.1, 0.15) is 18.4 Å². The normalized spacial score (nSPS) is 24.2. The Kier molecular flexibility index (Phi) is 16.1. The highest BCUT2D eigenvalue weighted by atomic mass is 16.7. The highest BCUT2D eigenvalue weighted by molar-refractivity contribution is 5.27. The third kappa shape index (κ3) is 11.8. The highest BCUT2D eigenvalue weighted by Crippen LogP contribution is 2.22. The molecule has 1 fully saturated rings. The summed E-state index contributed by atoms with van der Waals surface area (Å²) in [5.41, 5.74) is 1.16. The molecular formula is C25H42O11. The molecule has 1 aliphatic rings. The molecule has 0 radical (unpaired) electrons. The lowest BCUT2D eigenvalue weighted by Gasteiger charge is -2.39. The molecule has 0 bridgehead atoms. The van der Waals surface area contributed by atoms with Gasteiger partial charge in [-0.25, -0.2) is 0 Å². The van der Waals surface area contributed by atoms with Gasteiger partial charge < -0.3 is 53.6 Å². The van der Waals surface area contributed by atoms with Crippen molar-refractivity contribution in [2.24, 2.45) is 0 Å². The van der Waals surface area contributed by atoms with Gasteiger partial charge in [0.1, 0.15) is 36.8 Å². The standard InChI is InChI=1S/C25H42O11/c1-30-10-11-31-12-13-32-14-15-33-16-17-34-20-7-5-19(6-8-20)4-2-3-9-35-25-24(29)23(28)22(27)21(18-26)36-25/h5-8,21-29H,2-4,9-18H2,1H3/t21-,22-,23+,24-,25-/m1/s1. The molecule has 36 heavy (non-hydrogen) atoms. The predicted octanol–water partition coefficient (Wildman–Crippen LogP) is -0.0992. The Bertz CT molecular complexity index is 658. The van der Waals surface area contributed by atoms with Gasteiger partial charge in [0.25, 0.3) is 0 Å². The number of hydrogen-bond donors (Lipinski definition) is 4.